The molecule has 0 spiro atoms. The van der Waals surface area contributed by atoms with Gasteiger partial charge in [0.1, 0.15) is 11.9 Å². The van der Waals surface area contributed by atoms with Gasteiger partial charge in [0.05, 0.1) is 29.0 Å². The molecule has 0 saturated carbocycles. The molecule has 5 aromatic rings. The maximum absolute atomic E-state index is 13.3. The van der Waals surface area contributed by atoms with Crippen molar-refractivity contribution in [1.82, 2.24) is 19.2 Å². The molecular formula is C24H15ClN4O6. The fraction of sp³-hybridized carbons (Fsp3) is 0.125. The number of ether oxygens (including phenoxy) is 2. The molecule has 11 heteroatoms. The Hall–Kier alpha value is -4.44. The van der Waals surface area contributed by atoms with Crippen LogP contribution in [0.1, 0.15) is 29.5 Å². The standard InChI is InChI=1S/C24H15ClN4O6/c1-2-33-24(32)29-23(31)27-20-18-16(12-7-9-13(25)10-8-12)17-19(35-21(18)26-11-28(20)29)14-5-3-4-6-15(14)34-22(17)30/h3-11,16H,2H2,1H3. The molecule has 35 heavy (non-hydrogen) atoms. The molecule has 1 atom stereocenters. The number of hydrogen-bond donors (Lipinski definition) is 0. The summed E-state index contributed by atoms with van der Waals surface area (Å²) in [6.07, 6.45) is 0.342. The number of carbonyl (C=O) groups is 1. The number of hydrogen-bond acceptors (Lipinski definition) is 8. The lowest BCUT2D eigenvalue weighted by Crippen LogP contribution is -2.29. The van der Waals surface area contributed by atoms with Crippen LogP contribution >= 0.6 is 11.6 Å². The summed E-state index contributed by atoms with van der Waals surface area (Å²) in [7, 11) is 0. The molecule has 0 N–H and O–H groups in total. The Labute approximate surface area is 200 Å². The molecule has 0 saturated heterocycles. The van der Waals surface area contributed by atoms with E-state index in [9.17, 15) is 14.4 Å². The zero-order valence-electron chi connectivity index (χ0n) is 18.1. The van der Waals surface area contributed by atoms with Crippen molar-refractivity contribution < 1.29 is 18.7 Å². The second-order valence-corrected chi connectivity index (χ2v) is 8.19. The van der Waals surface area contributed by atoms with E-state index < -0.39 is 23.3 Å². The van der Waals surface area contributed by atoms with Crippen molar-refractivity contribution >= 4 is 34.3 Å². The predicted octanol–water partition coefficient (Wildman–Crippen LogP) is 3.94. The van der Waals surface area contributed by atoms with E-state index in [1.807, 2.05) is 0 Å². The van der Waals surface area contributed by atoms with Gasteiger partial charge >= 0.3 is 17.4 Å². The van der Waals surface area contributed by atoms with Gasteiger partial charge in [-0.15, -0.1) is 4.68 Å². The van der Waals surface area contributed by atoms with E-state index in [0.29, 0.717) is 32.9 Å². The van der Waals surface area contributed by atoms with Crippen LogP contribution in [0.3, 0.4) is 0 Å². The number of carbonyl (C=O) groups excluding carboxylic acids is 1. The summed E-state index contributed by atoms with van der Waals surface area (Å²) >= 11 is 6.11. The van der Waals surface area contributed by atoms with Crippen LogP contribution in [0.25, 0.3) is 16.6 Å². The van der Waals surface area contributed by atoms with Gasteiger partial charge in [-0.05, 0) is 36.8 Å². The molecule has 1 unspecified atom stereocenters. The number of halogens is 1. The third kappa shape index (κ3) is 3.14. The van der Waals surface area contributed by atoms with E-state index in [4.69, 9.17) is 25.5 Å². The SMILES string of the molecule is CCOC(=O)n1c(=O)nc2c3c(ncn21)Oc1c(c(=O)oc2ccccc12)C3c1ccc(Cl)cc1. The van der Waals surface area contributed by atoms with Gasteiger partial charge in [0.15, 0.2) is 11.4 Å². The van der Waals surface area contributed by atoms with Crippen molar-refractivity contribution in [1.29, 1.82) is 0 Å². The highest BCUT2D eigenvalue weighted by atomic mass is 35.5. The van der Waals surface area contributed by atoms with Crippen LogP contribution in [0.5, 0.6) is 11.6 Å². The minimum Gasteiger partial charge on any atom is -0.448 e. The Morgan fingerprint density at radius 2 is 1.89 bits per heavy atom. The summed E-state index contributed by atoms with van der Waals surface area (Å²) in [6.45, 7) is 1.69. The van der Waals surface area contributed by atoms with Crippen molar-refractivity contribution in [3.63, 3.8) is 0 Å². The van der Waals surface area contributed by atoms with Crippen molar-refractivity contribution in [2.75, 3.05) is 6.61 Å². The number of rotatable bonds is 2. The minimum absolute atomic E-state index is 0.0644. The number of fused-ring (bicyclic) bond motifs is 6. The largest absolute Gasteiger partial charge is 0.448 e. The number of nitrogens with zero attached hydrogens (tertiary/aromatic N) is 4. The van der Waals surface area contributed by atoms with Crippen molar-refractivity contribution in [2.24, 2.45) is 0 Å². The lowest BCUT2D eigenvalue weighted by molar-refractivity contribution is 0.148. The van der Waals surface area contributed by atoms with Crippen molar-refractivity contribution in [2.45, 2.75) is 12.8 Å². The summed E-state index contributed by atoms with van der Waals surface area (Å²) in [5.74, 6) is -0.337. The molecule has 0 aliphatic carbocycles. The topological polar surface area (TPSA) is 118 Å². The van der Waals surface area contributed by atoms with E-state index in [1.54, 1.807) is 55.5 Å². The molecular weight excluding hydrogens is 476 g/mol. The van der Waals surface area contributed by atoms with Crippen LogP contribution in [0.15, 0.2) is 68.9 Å². The first-order chi connectivity index (χ1) is 17.0. The molecule has 6 rings (SSSR count). The van der Waals surface area contributed by atoms with Crippen molar-refractivity contribution in [3.8, 4) is 11.6 Å². The third-order valence-electron chi connectivity index (χ3n) is 5.79. The van der Waals surface area contributed by atoms with E-state index >= 15 is 0 Å². The molecule has 1 aliphatic heterocycles. The third-order valence-corrected chi connectivity index (χ3v) is 6.04. The quantitative estimate of drug-likeness (QED) is 0.335. The molecule has 10 nitrogen and oxygen atoms in total. The molecule has 0 amide bonds. The maximum atomic E-state index is 13.3. The average molecular weight is 491 g/mol. The monoisotopic (exact) mass is 490 g/mol. The molecule has 2 aromatic carbocycles. The fourth-order valence-corrected chi connectivity index (χ4v) is 4.47. The first kappa shape index (κ1) is 21.1. The summed E-state index contributed by atoms with van der Waals surface area (Å²) in [5, 5.41) is 1.09. The Kier molecular flexibility index (Phi) is 4.71. The van der Waals surface area contributed by atoms with Crippen LogP contribution in [-0.4, -0.2) is 31.9 Å². The Bertz CT molecular complexity index is 1770. The first-order valence-electron chi connectivity index (χ1n) is 10.6. The van der Waals surface area contributed by atoms with Gasteiger partial charge < -0.3 is 13.9 Å². The smallest absolute Gasteiger partial charge is 0.438 e. The lowest BCUT2D eigenvalue weighted by atomic mass is 9.84. The van der Waals surface area contributed by atoms with E-state index in [2.05, 4.69) is 9.97 Å². The van der Waals surface area contributed by atoms with Crippen molar-refractivity contribution in [3.05, 3.63) is 97.5 Å². The molecule has 0 fully saturated rings. The van der Waals surface area contributed by atoms with Gasteiger partial charge in [-0.25, -0.2) is 23.9 Å². The van der Waals surface area contributed by atoms with Crippen LogP contribution in [-0.2, 0) is 4.74 Å². The Balaban J connectivity index is 1.71. The molecule has 3 aromatic heterocycles. The minimum atomic E-state index is -0.905. The van der Waals surface area contributed by atoms with Gasteiger partial charge in [-0.2, -0.15) is 4.98 Å². The van der Waals surface area contributed by atoms with Crippen LogP contribution in [0.4, 0.5) is 4.79 Å². The molecule has 1 aliphatic rings. The second kappa shape index (κ2) is 7.81. The normalized spacial score (nSPS) is 14.4. The van der Waals surface area contributed by atoms with Crippen LogP contribution in [0, 0.1) is 0 Å². The highest BCUT2D eigenvalue weighted by molar-refractivity contribution is 6.30. The number of para-hydroxylation sites is 1. The predicted molar refractivity (Wildman–Crippen MR) is 125 cm³/mol. The van der Waals surface area contributed by atoms with Crippen LogP contribution in [0.2, 0.25) is 5.02 Å². The summed E-state index contributed by atoms with van der Waals surface area (Å²) in [4.78, 5) is 46.8. The highest BCUT2D eigenvalue weighted by Crippen LogP contribution is 2.48. The number of aromatic nitrogens is 4. The van der Waals surface area contributed by atoms with Gasteiger partial charge in [-0.1, -0.05) is 35.9 Å². The zero-order chi connectivity index (χ0) is 24.3. The highest BCUT2D eigenvalue weighted by Gasteiger charge is 2.38. The fourth-order valence-electron chi connectivity index (χ4n) is 4.35. The molecule has 0 radical (unpaired) electrons. The van der Waals surface area contributed by atoms with Crippen LogP contribution < -0.4 is 16.1 Å². The first-order valence-corrected chi connectivity index (χ1v) is 11.0. The van der Waals surface area contributed by atoms with E-state index in [1.165, 1.54) is 10.8 Å². The Morgan fingerprint density at radius 1 is 1.11 bits per heavy atom. The average Bonchev–Trinajstić information content (AvgIpc) is 3.19. The van der Waals surface area contributed by atoms with E-state index in [-0.39, 0.29) is 23.7 Å². The molecule has 4 heterocycles. The van der Waals surface area contributed by atoms with Gasteiger partial charge in [0.2, 0.25) is 5.88 Å². The summed E-state index contributed by atoms with van der Waals surface area (Å²) in [5.41, 5.74) is 0.181. The zero-order valence-corrected chi connectivity index (χ0v) is 18.9. The Morgan fingerprint density at radius 3 is 2.66 bits per heavy atom. The number of benzene rings is 2. The summed E-state index contributed by atoms with van der Waals surface area (Å²) in [6, 6.07) is 13.9. The summed E-state index contributed by atoms with van der Waals surface area (Å²) < 4.78 is 18.6. The van der Waals surface area contributed by atoms with Gasteiger partial charge in [-0.3, -0.25) is 0 Å². The van der Waals surface area contributed by atoms with Gasteiger partial charge in [0.25, 0.3) is 0 Å². The van der Waals surface area contributed by atoms with Gasteiger partial charge in [0, 0.05) is 5.02 Å². The van der Waals surface area contributed by atoms with E-state index in [0.717, 1.165) is 4.68 Å². The second-order valence-electron chi connectivity index (χ2n) is 7.75. The maximum Gasteiger partial charge on any atom is 0.438 e. The lowest BCUT2D eigenvalue weighted by Gasteiger charge is -2.27. The molecule has 0 bridgehead atoms. The molecule has 174 valence electrons.